The molecule has 12 heteroatoms. The van der Waals surface area contributed by atoms with Crippen LogP contribution in [-0.4, -0.2) is 89.2 Å². The van der Waals surface area contributed by atoms with Gasteiger partial charge in [-0.2, -0.15) is 0 Å². The van der Waals surface area contributed by atoms with Crippen molar-refractivity contribution < 1.29 is 58.2 Å². The Morgan fingerprint density at radius 2 is 0.805 bits per heavy atom. The summed E-state index contributed by atoms with van der Waals surface area (Å²) < 4.78 is 28.5. The van der Waals surface area contributed by atoms with Crippen LogP contribution in [-0.2, 0) is 42.9 Å². The summed E-state index contributed by atoms with van der Waals surface area (Å²) in [6.07, 6.45) is 53.2. The number of carbonyl (C=O) groups is 4. The molecule has 77 heavy (non-hydrogen) atoms. The number of aliphatic carboxylic acids is 1. The van der Waals surface area contributed by atoms with Crippen LogP contribution in [0.3, 0.4) is 0 Å². The van der Waals surface area contributed by atoms with Crippen molar-refractivity contribution in [3.05, 3.63) is 60.8 Å². The van der Waals surface area contributed by atoms with Gasteiger partial charge in [0.05, 0.1) is 6.61 Å². The molecule has 1 rings (SSSR count). The second-order valence-corrected chi connectivity index (χ2v) is 21.3. The van der Waals surface area contributed by atoms with Crippen LogP contribution in [0.2, 0.25) is 0 Å². The van der Waals surface area contributed by atoms with Gasteiger partial charge in [-0.15, -0.1) is 0 Å². The lowest BCUT2D eigenvalue weighted by Crippen LogP contribution is -2.61. The molecule has 1 aliphatic heterocycles. The average Bonchev–Trinajstić information content (AvgIpc) is 3.42. The van der Waals surface area contributed by atoms with Gasteiger partial charge in [-0.3, -0.25) is 14.4 Å². The van der Waals surface area contributed by atoms with Crippen molar-refractivity contribution in [1.29, 1.82) is 0 Å². The van der Waals surface area contributed by atoms with Crippen LogP contribution in [0.4, 0.5) is 0 Å². The summed E-state index contributed by atoms with van der Waals surface area (Å²) in [7, 11) is 0. The van der Waals surface area contributed by atoms with Gasteiger partial charge < -0.3 is 39.0 Å². The highest BCUT2D eigenvalue weighted by Crippen LogP contribution is 2.26. The maximum atomic E-state index is 13.1. The number of carbonyl (C=O) groups excluding carboxylic acids is 3. The van der Waals surface area contributed by atoms with Gasteiger partial charge in [0, 0.05) is 19.3 Å². The fourth-order valence-corrected chi connectivity index (χ4v) is 9.20. The Morgan fingerprint density at radius 3 is 1.26 bits per heavy atom. The van der Waals surface area contributed by atoms with Crippen molar-refractivity contribution in [3.8, 4) is 0 Å². The Hall–Kier alpha value is -3.58. The van der Waals surface area contributed by atoms with E-state index < -0.39 is 67.3 Å². The summed E-state index contributed by atoms with van der Waals surface area (Å²) in [5.74, 6) is -3.14. The fourth-order valence-electron chi connectivity index (χ4n) is 9.20. The van der Waals surface area contributed by atoms with E-state index in [2.05, 4.69) is 81.5 Å². The van der Waals surface area contributed by atoms with Gasteiger partial charge in [-0.05, 0) is 103 Å². The van der Waals surface area contributed by atoms with Crippen molar-refractivity contribution in [2.75, 3.05) is 13.2 Å². The van der Waals surface area contributed by atoms with Gasteiger partial charge in [0.1, 0.15) is 18.8 Å². The first kappa shape index (κ1) is 71.4. The number of ether oxygens (including phenoxy) is 5. The lowest BCUT2D eigenvalue weighted by atomic mass is 9.98. The molecular weight excluding hydrogens is 973 g/mol. The maximum absolute atomic E-state index is 13.1. The SMILES string of the molecule is CCC/C=C\C/C=C\CCCCCCCC(=O)OC(COC(=O)CCCCCCC/C=C\CCCCCCCC)COC1OC(C(=O)O)C(O)C(O)C1OC(=O)CCCCCCCCCCC/C=C\C/C=C\CCCCC. The number of unbranched alkanes of at least 4 members (excludes halogenated alkanes) is 29. The molecule has 0 aromatic heterocycles. The fraction of sp³-hybridized carbons (Fsp3) is 0.785. The standard InChI is InChI=1S/C65H112O12/c1-4-7-10-13-16-19-22-25-27-28-29-30-32-35-38-41-44-47-50-53-59(68)76-63-61(70)60(69)62(64(71)72)77-65(63)74-55-56(75-58(67)52-49-46-43-40-37-33-24-21-18-15-12-9-6-3)54-73-57(66)51-48-45-42-39-36-34-31-26-23-20-17-14-11-8-5-2/h12,15-16,19,21,24-27,31,56,60-63,65,69-70H,4-11,13-14,17-18,20,22-23,28-30,32-55H2,1-3H3,(H,71,72)/b15-12-,19-16-,24-21-,27-25-,31-26-. The van der Waals surface area contributed by atoms with Gasteiger partial charge in [-0.1, -0.05) is 216 Å². The van der Waals surface area contributed by atoms with Gasteiger partial charge in [0.15, 0.2) is 24.6 Å². The first-order valence-corrected chi connectivity index (χ1v) is 31.3. The quantitative estimate of drug-likeness (QED) is 0.0228. The summed E-state index contributed by atoms with van der Waals surface area (Å²) in [5, 5.41) is 31.5. The minimum Gasteiger partial charge on any atom is -0.479 e. The molecule has 1 saturated heterocycles. The lowest BCUT2D eigenvalue weighted by Gasteiger charge is -2.40. The molecule has 1 aliphatic rings. The van der Waals surface area contributed by atoms with Crippen LogP contribution >= 0.6 is 0 Å². The third-order valence-corrected chi connectivity index (χ3v) is 14.0. The van der Waals surface area contributed by atoms with Crippen LogP contribution < -0.4 is 0 Å². The highest BCUT2D eigenvalue weighted by atomic mass is 16.7. The van der Waals surface area contributed by atoms with Crippen molar-refractivity contribution in [2.45, 2.75) is 314 Å². The van der Waals surface area contributed by atoms with E-state index in [9.17, 15) is 34.5 Å². The number of allylic oxidation sites excluding steroid dienone is 10. The molecule has 3 N–H and O–H groups in total. The Balaban J connectivity index is 2.66. The molecular formula is C65H112O12. The van der Waals surface area contributed by atoms with Crippen LogP contribution in [0.5, 0.6) is 0 Å². The molecule has 0 bridgehead atoms. The molecule has 0 aromatic carbocycles. The van der Waals surface area contributed by atoms with Crippen molar-refractivity contribution in [2.24, 2.45) is 0 Å². The summed E-state index contributed by atoms with van der Waals surface area (Å²) >= 11 is 0. The Morgan fingerprint density at radius 1 is 0.429 bits per heavy atom. The number of carboxylic acids is 1. The monoisotopic (exact) mass is 1080 g/mol. The predicted molar refractivity (Wildman–Crippen MR) is 312 cm³/mol. The smallest absolute Gasteiger partial charge is 0.335 e. The first-order chi connectivity index (χ1) is 37.6. The molecule has 0 radical (unpaired) electrons. The third-order valence-electron chi connectivity index (χ3n) is 14.0. The number of rotatable bonds is 53. The minimum absolute atomic E-state index is 0.0531. The van der Waals surface area contributed by atoms with E-state index in [1.807, 2.05) is 0 Å². The van der Waals surface area contributed by atoms with E-state index >= 15 is 0 Å². The van der Waals surface area contributed by atoms with Crippen molar-refractivity contribution in [3.63, 3.8) is 0 Å². The molecule has 0 aliphatic carbocycles. The number of esters is 3. The Bertz CT molecular complexity index is 1570. The zero-order valence-corrected chi connectivity index (χ0v) is 49.0. The molecule has 0 spiro atoms. The Kier molecular flexibility index (Phi) is 49.2. The summed E-state index contributed by atoms with van der Waals surface area (Å²) in [5.41, 5.74) is 0. The van der Waals surface area contributed by atoms with Gasteiger partial charge in [0.2, 0.25) is 0 Å². The number of carboxylic acid groups (broad SMARTS) is 1. The molecule has 6 atom stereocenters. The molecule has 0 saturated carbocycles. The van der Waals surface area contributed by atoms with Crippen LogP contribution in [0.25, 0.3) is 0 Å². The maximum Gasteiger partial charge on any atom is 0.335 e. The van der Waals surface area contributed by atoms with Crippen LogP contribution in [0, 0.1) is 0 Å². The molecule has 444 valence electrons. The molecule has 6 unspecified atom stereocenters. The molecule has 1 fully saturated rings. The number of hydrogen-bond acceptors (Lipinski definition) is 11. The van der Waals surface area contributed by atoms with E-state index in [0.29, 0.717) is 19.3 Å². The van der Waals surface area contributed by atoms with E-state index in [1.165, 1.54) is 89.9 Å². The normalized spacial score (nSPS) is 18.4. The third kappa shape index (κ3) is 43.0. The molecule has 0 amide bonds. The summed E-state index contributed by atoms with van der Waals surface area (Å²) in [4.78, 5) is 51.2. The van der Waals surface area contributed by atoms with E-state index in [-0.39, 0.29) is 25.9 Å². The molecule has 0 aromatic rings. The van der Waals surface area contributed by atoms with E-state index in [4.69, 9.17) is 23.7 Å². The largest absolute Gasteiger partial charge is 0.479 e. The highest BCUT2D eigenvalue weighted by molar-refractivity contribution is 5.74. The zero-order chi connectivity index (χ0) is 56.1. The lowest BCUT2D eigenvalue weighted by molar-refractivity contribution is -0.301. The highest BCUT2D eigenvalue weighted by Gasteiger charge is 2.50. The van der Waals surface area contributed by atoms with Gasteiger partial charge in [-0.25, -0.2) is 4.79 Å². The predicted octanol–water partition coefficient (Wildman–Crippen LogP) is 16.3. The van der Waals surface area contributed by atoms with Crippen LogP contribution in [0.15, 0.2) is 60.8 Å². The van der Waals surface area contributed by atoms with E-state index in [0.717, 1.165) is 128 Å². The summed E-state index contributed by atoms with van der Waals surface area (Å²) in [6.45, 7) is 5.90. The topological polar surface area (TPSA) is 175 Å². The molecule has 1 heterocycles. The van der Waals surface area contributed by atoms with Gasteiger partial charge >= 0.3 is 23.9 Å². The van der Waals surface area contributed by atoms with E-state index in [1.54, 1.807) is 0 Å². The second-order valence-electron chi connectivity index (χ2n) is 21.3. The zero-order valence-electron chi connectivity index (χ0n) is 49.0. The first-order valence-electron chi connectivity index (χ1n) is 31.3. The van der Waals surface area contributed by atoms with Crippen molar-refractivity contribution in [1.82, 2.24) is 0 Å². The Labute approximate surface area is 468 Å². The summed E-state index contributed by atoms with van der Waals surface area (Å²) in [6, 6.07) is 0. The average molecular weight is 1090 g/mol. The molecule has 12 nitrogen and oxygen atoms in total. The number of hydrogen-bond donors (Lipinski definition) is 3. The second kappa shape index (κ2) is 53.1. The van der Waals surface area contributed by atoms with Crippen LogP contribution in [0.1, 0.15) is 278 Å². The number of aliphatic hydroxyl groups is 2. The number of aliphatic hydroxyl groups excluding tert-OH is 2. The van der Waals surface area contributed by atoms with Gasteiger partial charge in [0.25, 0.3) is 0 Å². The van der Waals surface area contributed by atoms with Crippen molar-refractivity contribution >= 4 is 23.9 Å². The minimum atomic E-state index is -1.91.